The molecule has 2 atom stereocenters. The first kappa shape index (κ1) is 22.1. The summed E-state index contributed by atoms with van der Waals surface area (Å²) in [6.45, 7) is 0. The van der Waals surface area contributed by atoms with Gasteiger partial charge in [0.25, 0.3) is 0 Å². The van der Waals surface area contributed by atoms with Crippen LogP contribution in [0.4, 0.5) is 11.4 Å². The van der Waals surface area contributed by atoms with Gasteiger partial charge in [-0.2, -0.15) is 0 Å². The largest absolute Gasteiger partial charge is 0.295 e. The van der Waals surface area contributed by atoms with Crippen LogP contribution < -0.4 is 9.80 Å². The van der Waals surface area contributed by atoms with E-state index in [0.29, 0.717) is 11.5 Å². The van der Waals surface area contributed by atoms with Crippen LogP contribution in [0, 0.1) is 0 Å². The van der Waals surface area contributed by atoms with Gasteiger partial charge in [0, 0.05) is 20.3 Å². The number of anilines is 2. The standard InChI is InChI=1S/C24H18Br2N2O2S2/c25-17-5-1-15(2-6-17)23-27(21(29)13-31-23)19-9-11-20(12-10-19)28-22(30)14-32-24(28)16-3-7-18(26)8-4-16/h1-12,23-24H,13-14H2. The molecule has 0 N–H and O–H groups in total. The van der Waals surface area contributed by atoms with Crippen molar-refractivity contribution in [1.82, 2.24) is 0 Å². The Morgan fingerprint density at radius 2 is 0.938 bits per heavy atom. The van der Waals surface area contributed by atoms with E-state index in [2.05, 4.69) is 31.9 Å². The van der Waals surface area contributed by atoms with Crippen molar-refractivity contribution >= 4 is 78.6 Å². The van der Waals surface area contributed by atoms with Crippen LogP contribution in [0.15, 0.2) is 81.7 Å². The van der Waals surface area contributed by atoms with Gasteiger partial charge in [-0.15, -0.1) is 23.5 Å². The summed E-state index contributed by atoms with van der Waals surface area (Å²) in [6, 6.07) is 24.0. The van der Waals surface area contributed by atoms with Gasteiger partial charge in [-0.05, 0) is 59.7 Å². The van der Waals surface area contributed by atoms with Crippen LogP contribution in [0.3, 0.4) is 0 Å². The highest BCUT2D eigenvalue weighted by atomic mass is 79.9. The zero-order chi connectivity index (χ0) is 22.2. The molecule has 2 heterocycles. The third-order valence-corrected chi connectivity index (χ3v) is 8.93. The van der Waals surface area contributed by atoms with E-state index in [-0.39, 0.29) is 22.6 Å². The molecule has 8 heteroatoms. The maximum Gasteiger partial charge on any atom is 0.238 e. The average molecular weight is 590 g/mol. The molecule has 0 spiro atoms. The Bertz CT molecular complexity index is 1060. The first-order valence-electron chi connectivity index (χ1n) is 9.99. The number of carbonyl (C=O) groups is 2. The number of rotatable bonds is 4. The number of amides is 2. The molecule has 2 unspecified atom stereocenters. The van der Waals surface area contributed by atoms with E-state index in [1.165, 1.54) is 0 Å². The fourth-order valence-electron chi connectivity index (χ4n) is 3.93. The number of nitrogens with zero attached hydrogens (tertiary/aromatic N) is 2. The zero-order valence-corrected chi connectivity index (χ0v) is 21.6. The van der Waals surface area contributed by atoms with Crippen molar-refractivity contribution in [3.63, 3.8) is 0 Å². The first-order chi connectivity index (χ1) is 15.5. The van der Waals surface area contributed by atoms with E-state index in [1.807, 2.05) is 82.6 Å². The van der Waals surface area contributed by atoms with Crippen LogP contribution >= 0.6 is 55.4 Å². The minimum absolute atomic E-state index is 0.0547. The number of benzene rings is 3. The SMILES string of the molecule is O=C1CSC(c2ccc(Br)cc2)N1c1ccc(N2C(=O)CSC2c2ccc(Br)cc2)cc1. The minimum Gasteiger partial charge on any atom is -0.295 e. The summed E-state index contributed by atoms with van der Waals surface area (Å²) >= 11 is 10.2. The summed E-state index contributed by atoms with van der Waals surface area (Å²) < 4.78 is 2.03. The fourth-order valence-corrected chi connectivity index (χ4v) is 6.81. The molecule has 2 amide bonds. The highest BCUT2D eigenvalue weighted by Gasteiger charge is 2.36. The predicted molar refractivity (Wildman–Crippen MR) is 140 cm³/mol. The van der Waals surface area contributed by atoms with E-state index in [0.717, 1.165) is 31.4 Å². The zero-order valence-electron chi connectivity index (χ0n) is 16.8. The van der Waals surface area contributed by atoms with Crippen LogP contribution in [0.1, 0.15) is 21.9 Å². The molecule has 0 aromatic heterocycles. The Labute approximate surface area is 212 Å². The average Bonchev–Trinajstić information content (AvgIpc) is 3.38. The quantitative estimate of drug-likeness (QED) is 0.337. The van der Waals surface area contributed by atoms with Gasteiger partial charge in [0.15, 0.2) is 0 Å². The van der Waals surface area contributed by atoms with Gasteiger partial charge >= 0.3 is 0 Å². The van der Waals surface area contributed by atoms with Crippen molar-refractivity contribution in [2.75, 3.05) is 21.3 Å². The van der Waals surface area contributed by atoms with Crippen molar-refractivity contribution in [2.24, 2.45) is 0 Å². The summed E-state index contributed by atoms with van der Waals surface area (Å²) in [4.78, 5) is 29.1. The Balaban J connectivity index is 1.42. The number of halogens is 2. The maximum absolute atomic E-state index is 12.7. The lowest BCUT2D eigenvalue weighted by Crippen LogP contribution is -2.29. The van der Waals surface area contributed by atoms with E-state index < -0.39 is 0 Å². The van der Waals surface area contributed by atoms with Crippen LogP contribution in [0.2, 0.25) is 0 Å². The topological polar surface area (TPSA) is 40.6 Å². The molecule has 2 saturated heterocycles. The summed E-state index contributed by atoms with van der Waals surface area (Å²) in [5, 5.41) is -0.109. The van der Waals surface area contributed by atoms with Crippen molar-refractivity contribution in [3.8, 4) is 0 Å². The lowest BCUT2D eigenvalue weighted by molar-refractivity contribution is -0.116. The second-order valence-corrected chi connectivity index (χ2v) is 11.4. The van der Waals surface area contributed by atoms with Crippen molar-refractivity contribution in [3.05, 3.63) is 92.9 Å². The Morgan fingerprint density at radius 1 is 0.594 bits per heavy atom. The Kier molecular flexibility index (Phi) is 6.38. The molecule has 2 aliphatic rings. The summed E-state index contributed by atoms with van der Waals surface area (Å²) in [7, 11) is 0. The van der Waals surface area contributed by atoms with Crippen LogP contribution in [0.5, 0.6) is 0 Å². The molecule has 2 aliphatic heterocycles. The minimum atomic E-state index is -0.0547. The highest BCUT2D eigenvalue weighted by molar-refractivity contribution is 9.10. The van der Waals surface area contributed by atoms with E-state index in [9.17, 15) is 9.59 Å². The molecule has 0 bridgehead atoms. The molecule has 2 fully saturated rings. The van der Waals surface area contributed by atoms with Gasteiger partial charge < -0.3 is 0 Å². The first-order valence-corrected chi connectivity index (χ1v) is 13.7. The second-order valence-electron chi connectivity index (χ2n) is 7.47. The van der Waals surface area contributed by atoms with Crippen molar-refractivity contribution < 1.29 is 9.59 Å². The predicted octanol–water partition coefficient (Wildman–Crippen LogP) is 6.77. The molecule has 0 aliphatic carbocycles. The molecular weight excluding hydrogens is 572 g/mol. The van der Waals surface area contributed by atoms with Gasteiger partial charge in [0.1, 0.15) is 10.7 Å². The summed E-state index contributed by atoms with van der Waals surface area (Å²) in [5.41, 5.74) is 3.87. The van der Waals surface area contributed by atoms with E-state index in [4.69, 9.17) is 0 Å². The number of hydrogen-bond acceptors (Lipinski definition) is 4. The van der Waals surface area contributed by atoms with E-state index >= 15 is 0 Å². The number of thioether (sulfide) groups is 2. The lowest BCUT2D eigenvalue weighted by atomic mass is 10.1. The smallest absolute Gasteiger partial charge is 0.238 e. The summed E-state index contributed by atoms with van der Waals surface area (Å²) in [6.07, 6.45) is 0. The van der Waals surface area contributed by atoms with Crippen LogP contribution in [-0.4, -0.2) is 23.3 Å². The molecule has 3 aromatic rings. The van der Waals surface area contributed by atoms with Gasteiger partial charge in [-0.25, -0.2) is 0 Å². The molecule has 0 radical (unpaired) electrons. The third kappa shape index (κ3) is 4.25. The normalized spacial score (nSPS) is 20.9. The van der Waals surface area contributed by atoms with Crippen LogP contribution in [-0.2, 0) is 9.59 Å². The molecule has 32 heavy (non-hydrogen) atoms. The molecule has 3 aromatic carbocycles. The number of hydrogen-bond donors (Lipinski definition) is 0. The monoisotopic (exact) mass is 588 g/mol. The number of carbonyl (C=O) groups excluding carboxylic acids is 2. The molecule has 5 rings (SSSR count). The van der Waals surface area contributed by atoms with Crippen molar-refractivity contribution in [1.29, 1.82) is 0 Å². The van der Waals surface area contributed by atoms with Gasteiger partial charge in [-0.3, -0.25) is 19.4 Å². The lowest BCUT2D eigenvalue weighted by Gasteiger charge is -2.27. The molecular formula is C24H18Br2N2O2S2. The highest BCUT2D eigenvalue weighted by Crippen LogP contribution is 2.45. The van der Waals surface area contributed by atoms with Gasteiger partial charge in [-0.1, -0.05) is 56.1 Å². The third-order valence-electron chi connectivity index (χ3n) is 5.45. The second kappa shape index (κ2) is 9.25. The van der Waals surface area contributed by atoms with Crippen molar-refractivity contribution in [2.45, 2.75) is 10.7 Å². The van der Waals surface area contributed by atoms with E-state index in [1.54, 1.807) is 23.5 Å². The molecule has 0 saturated carbocycles. The van der Waals surface area contributed by atoms with Gasteiger partial charge in [0.2, 0.25) is 11.8 Å². The Hall–Kier alpha value is -1.74. The Morgan fingerprint density at radius 3 is 1.28 bits per heavy atom. The molecule has 4 nitrogen and oxygen atoms in total. The summed E-state index contributed by atoms with van der Waals surface area (Å²) in [5.74, 6) is 1.09. The van der Waals surface area contributed by atoms with Gasteiger partial charge in [0.05, 0.1) is 11.5 Å². The fraction of sp³-hybridized carbons (Fsp3) is 0.167. The molecule has 162 valence electrons. The maximum atomic E-state index is 12.7. The van der Waals surface area contributed by atoms with Crippen LogP contribution in [0.25, 0.3) is 0 Å².